The van der Waals surface area contributed by atoms with Crippen molar-refractivity contribution in [1.82, 2.24) is 10.6 Å². The van der Waals surface area contributed by atoms with Gasteiger partial charge in [-0.15, -0.1) is 0 Å². The van der Waals surface area contributed by atoms with Gasteiger partial charge in [0, 0.05) is 12.0 Å². The quantitative estimate of drug-likeness (QED) is 0.127. The smallest absolute Gasteiger partial charge is 0.328 e. The first-order valence-corrected chi connectivity index (χ1v) is 18.2. The molecule has 3 aromatic rings. The fourth-order valence-corrected chi connectivity index (χ4v) is 5.95. The lowest BCUT2D eigenvalue weighted by molar-refractivity contribution is -0.349. The normalized spacial score (nSPS) is 23.8. The molecule has 0 bridgehead atoms. The van der Waals surface area contributed by atoms with E-state index in [1.807, 2.05) is 78.9 Å². The molecule has 9 atom stereocenters. The Morgan fingerprint density at radius 3 is 2.20 bits per heavy atom. The van der Waals surface area contributed by atoms with E-state index < -0.39 is 78.9 Å². The molecular weight excluding hydrogens is 710 g/mol. The van der Waals surface area contributed by atoms with Crippen molar-refractivity contribution in [2.45, 2.75) is 95.0 Å². The molecule has 0 saturated carbocycles. The van der Waals surface area contributed by atoms with Gasteiger partial charge in [-0.3, -0.25) is 14.4 Å². The number of nitrogens with one attached hydrogen (secondary N) is 2. The molecule has 0 radical (unpaired) electrons. The molecule has 5 rings (SSSR count). The average Bonchev–Trinajstić information content (AvgIpc) is 3.23. The Balaban J connectivity index is 1.23. The summed E-state index contributed by atoms with van der Waals surface area (Å²) in [6.07, 6.45) is -4.46. The predicted octanol–water partition coefficient (Wildman–Crippen LogP) is 3.39. The van der Waals surface area contributed by atoms with E-state index in [1.165, 1.54) is 19.9 Å². The van der Waals surface area contributed by atoms with E-state index in [4.69, 9.17) is 40.3 Å². The first-order chi connectivity index (χ1) is 27.0. The SMILES string of the molecule is [2H]N(C(=O)[C@@H](C)O[C@@H]1[C@@H](N)[C@@H](OCc2ccccc2)O[C@@H]2CO[C@@H](c3ccccc3)O[C@@H]12)[C@@H](C)C(=O)N[C@@H](CCC(=O)OCc1ccccc1)C(=O)OCC=C. The molecular formula is C41H49N3O11. The molecule has 2 aliphatic rings. The van der Waals surface area contributed by atoms with Gasteiger partial charge in [0.15, 0.2) is 14.0 Å². The first-order valence-electron chi connectivity index (χ1n) is 18.6. The number of esters is 2. The number of rotatable bonds is 18. The van der Waals surface area contributed by atoms with E-state index in [0.717, 1.165) is 16.7 Å². The maximum absolute atomic E-state index is 13.7. The Bertz CT molecular complexity index is 1740. The number of hydrogen-bond donors (Lipinski definition) is 3. The van der Waals surface area contributed by atoms with Crippen molar-refractivity contribution in [3.63, 3.8) is 0 Å². The molecule has 3 aromatic carbocycles. The number of carbonyl (C=O) groups excluding carboxylic acids is 4. The molecule has 294 valence electrons. The fourth-order valence-electron chi connectivity index (χ4n) is 5.95. The molecule has 0 spiro atoms. The second kappa shape index (κ2) is 20.6. The largest absolute Gasteiger partial charge is 0.461 e. The van der Waals surface area contributed by atoms with Crippen molar-refractivity contribution in [3.05, 3.63) is 120 Å². The predicted molar refractivity (Wildman–Crippen MR) is 198 cm³/mol. The number of ether oxygens (including phenoxy) is 7. The van der Waals surface area contributed by atoms with Crippen molar-refractivity contribution >= 4 is 23.8 Å². The van der Waals surface area contributed by atoms with Gasteiger partial charge in [-0.2, -0.15) is 0 Å². The molecule has 0 aromatic heterocycles. The monoisotopic (exact) mass is 760 g/mol. The molecule has 0 aliphatic carbocycles. The minimum Gasteiger partial charge on any atom is -0.461 e. The number of benzene rings is 3. The van der Waals surface area contributed by atoms with Gasteiger partial charge in [0.2, 0.25) is 11.8 Å². The van der Waals surface area contributed by atoms with Gasteiger partial charge in [-0.1, -0.05) is 104 Å². The summed E-state index contributed by atoms with van der Waals surface area (Å²) in [7, 11) is 0. The maximum atomic E-state index is 13.7. The Kier molecular flexibility index (Phi) is 14.9. The van der Waals surface area contributed by atoms with Gasteiger partial charge >= 0.3 is 11.9 Å². The van der Waals surface area contributed by atoms with Crippen LogP contribution < -0.4 is 16.4 Å². The molecule has 2 heterocycles. The molecule has 14 heteroatoms. The minimum atomic E-state index is -1.40. The van der Waals surface area contributed by atoms with Crippen molar-refractivity contribution in [3.8, 4) is 0 Å². The summed E-state index contributed by atoms with van der Waals surface area (Å²) < 4.78 is 50.0. The van der Waals surface area contributed by atoms with Crippen molar-refractivity contribution in [2.24, 2.45) is 5.73 Å². The van der Waals surface area contributed by atoms with Crippen LogP contribution in [-0.2, 0) is 65.5 Å². The molecule has 2 amide bonds. The van der Waals surface area contributed by atoms with E-state index in [-0.39, 0.29) is 39.3 Å². The Morgan fingerprint density at radius 2 is 1.55 bits per heavy atom. The average molecular weight is 761 g/mol. The van der Waals surface area contributed by atoms with Crippen LogP contribution >= 0.6 is 0 Å². The Morgan fingerprint density at radius 1 is 0.909 bits per heavy atom. The number of amides is 2. The van der Waals surface area contributed by atoms with Crippen LogP contribution in [0.25, 0.3) is 0 Å². The lowest BCUT2D eigenvalue weighted by atomic mass is 9.95. The third-order valence-corrected chi connectivity index (χ3v) is 8.95. The fraction of sp³-hybridized carbons (Fsp3) is 0.415. The van der Waals surface area contributed by atoms with Crippen LogP contribution in [0.3, 0.4) is 0 Å². The summed E-state index contributed by atoms with van der Waals surface area (Å²) in [4.78, 5) is 52.4. The highest BCUT2D eigenvalue weighted by Gasteiger charge is 2.50. The van der Waals surface area contributed by atoms with Gasteiger partial charge in [0.1, 0.15) is 49.7 Å². The standard InChI is InChI=1S/C41H49N3O11/c1-4-22-49-39(48)31(20-21-33(45)50-23-28-14-8-5-9-15-28)44-37(46)26(2)43-38(47)27(3)53-36-34(42)41(51-24-29-16-10-6-11-17-29)54-32-25-52-40(55-35(32)36)30-18-12-7-13-19-30/h4-19,26-27,31-32,34-36,40-41H,1,20-25,42H2,2-3H3,(H,43,47)(H,44,46)/t26-,27+,31-,32+,34+,35+,36+,40+,41-/m0/s1/i/hD. The van der Waals surface area contributed by atoms with Crippen LogP contribution in [-0.4, -0.2) is 85.8 Å². The minimum absolute atomic E-state index is 0.0415. The third-order valence-electron chi connectivity index (χ3n) is 8.95. The van der Waals surface area contributed by atoms with Crippen molar-refractivity contribution in [1.29, 1.82) is 0 Å². The van der Waals surface area contributed by atoms with Gasteiger partial charge in [0.25, 0.3) is 0 Å². The van der Waals surface area contributed by atoms with E-state index in [2.05, 4.69) is 11.9 Å². The highest BCUT2D eigenvalue weighted by Crippen LogP contribution is 2.35. The van der Waals surface area contributed by atoms with Gasteiger partial charge in [-0.05, 0) is 31.4 Å². The number of nitrogens with two attached hydrogens (primary N) is 1. The topological polar surface area (TPSA) is 183 Å². The zero-order valence-electron chi connectivity index (χ0n) is 31.9. The number of carbonyl (C=O) groups is 4. The Labute approximate surface area is 322 Å². The van der Waals surface area contributed by atoms with Gasteiger partial charge < -0.3 is 49.5 Å². The number of fused-ring (bicyclic) bond motifs is 1. The highest BCUT2D eigenvalue weighted by molar-refractivity contribution is 5.91. The second-order valence-corrected chi connectivity index (χ2v) is 13.1. The van der Waals surface area contributed by atoms with Gasteiger partial charge in [0.05, 0.1) is 19.3 Å². The molecule has 14 nitrogen and oxygen atoms in total. The lowest BCUT2D eigenvalue weighted by Crippen LogP contribution is -2.66. The molecule has 2 fully saturated rings. The summed E-state index contributed by atoms with van der Waals surface area (Å²) in [5, 5.41) is 2.97. The molecule has 2 aliphatic heterocycles. The third kappa shape index (κ3) is 12.0. The summed E-state index contributed by atoms with van der Waals surface area (Å²) >= 11 is 0. The van der Waals surface area contributed by atoms with Crippen LogP contribution in [0.1, 0.15) is 49.7 Å². The molecule has 0 unspecified atom stereocenters. The maximum Gasteiger partial charge on any atom is 0.328 e. The van der Waals surface area contributed by atoms with Crippen LogP contribution in [0.15, 0.2) is 104 Å². The van der Waals surface area contributed by atoms with Crippen molar-refractivity contribution in [2.75, 3.05) is 13.2 Å². The molecule has 4 N–H and O–H groups in total. The first kappa shape index (κ1) is 39.7. The van der Waals surface area contributed by atoms with Crippen LogP contribution in [0.4, 0.5) is 0 Å². The van der Waals surface area contributed by atoms with Crippen LogP contribution in [0.2, 0.25) is 1.41 Å². The zero-order chi connectivity index (χ0) is 40.0. The second-order valence-electron chi connectivity index (χ2n) is 13.1. The molecule has 55 heavy (non-hydrogen) atoms. The van der Waals surface area contributed by atoms with E-state index >= 15 is 0 Å². The van der Waals surface area contributed by atoms with Crippen molar-refractivity contribution < 1.29 is 53.7 Å². The van der Waals surface area contributed by atoms with E-state index in [9.17, 15) is 19.2 Å². The lowest BCUT2D eigenvalue weighted by Gasteiger charge is -2.48. The van der Waals surface area contributed by atoms with Gasteiger partial charge in [-0.25, -0.2) is 4.79 Å². The van der Waals surface area contributed by atoms with Crippen LogP contribution in [0.5, 0.6) is 0 Å². The summed E-state index contributed by atoms with van der Waals surface area (Å²) in [5.74, 6) is -3.12. The zero-order valence-corrected chi connectivity index (χ0v) is 30.9. The van der Waals surface area contributed by atoms with E-state index in [1.54, 1.807) is 12.1 Å². The van der Waals surface area contributed by atoms with E-state index in [0.29, 0.717) is 5.31 Å². The highest BCUT2D eigenvalue weighted by atomic mass is 16.8. The molecule has 2 saturated heterocycles. The van der Waals surface area contributed by atoms with Crippen LogP contribution in [0, 0.1) is 0 Å². The summed E-state index contributed by atoms with van der Waals surface area (Å²) in [5.41, 5.74) is 9.15. The number of hydrogen-bond acceptors (Lipinski definition) is 12. The summed E-state index contributed by atoms with van der Waals surface area (Å²) in [6, 6.07) is 24.2. The Hall–Kier alpha value is -4.96. The summed E-state index contributed by atoms with van der Waals surface area (Å²) in [6.45, 7) is 6.51.